The topological polar surface area (TPSA) is 24.9 Å². The van der Waals surface area contributed by atoms with Gasteiger partial charge in [-0.2, -0.15) is 0 Å². The predicted octanol–water partition coefficient (Wildman–Crippen LogP) is 2.82. The minimum atomic E-state index is 0.984. The van der Waals surface area contributed by atoms with Gasteiger partial charge in [-0.1, -0.05) is 6.07 Å². The maximum Gasteiger partial charge on any atom is 0.0957 e. The fraction of sp³-hybridized carbons (Fsp3) is 0.300. The lowest BCUT2D eigenvalue weighted by Gasteiger charge is -1.92. The van der Waals surface area contributed by atoms with Crippen LogP contribution in [-0.2, 0) is 6.42 Å². The van der Waals surface area contributed by atoms with E-state index in [0.29, 0.717) is 0 Å². The summed E-state index contributed by atoms with van der Waals surface area (Å²) in [5.41, 5.74) is 1.09. The maximum atomic E-state index is 4.58. The van der Waals surface area contributed by atoms with E-state index in [9.17, 15) is 0 Å². The molecule has 4 heteroatoms. The summed E-state index contributed by atoms with van der Waals surface area (Å²) in [5, 5.41) is 4.33. The highest BCUT2D eigenvalue weighted by Crippen LogP contribution is 2.28. The van der Waals surface area contributed by atoms with E-state index in [0.717, 1.165) is 23.0 Å². The molecule has 0 fully saturated rings. The lowest BCUT2D eigenvalue weighted by Crippen LogP contribution is -2.09. The Morgan fingerprint density at radius 1 is 1.50 bits per heavy atom. The number of para-hydroxylation sites is 1. The zero-order chi connectivity index (χ0) is 9.97. The molecule has 2 rings (SSSR count). The first-order valence-electron chi connectivity index (χ1n) is 4.50. The van der Waals surface area contributed by atoms with Crippen molar-refractivity contribution in [3.05, 3.63) is 27.7 Å². The van der Waals surface area contributed by atoms with Gasteiger partial charge in [-0.3, -0.25) is 0 Å². The number of thiazole rings is 1. The molecule has 0 amide bonds. The normalized spacial score (nSPS) is 11.0. The Hall–Kier alpha value is -0.450. The molecule has 0 spiro atoms. The van der Waals surface area contributed by atoms with Crippen molar-refractivity contribution in [3.8, 4) is 0 Å². The molecule has 0 saturated carbocycles. The molecule has 0 aliphatic heterocycles. The van der Waals surface area contributed by atoms with Gasteiger partial charge in [0.25, 0.3) is 0 Å². The van der Waals surface area contributed by atoms with E-state index >= 15 is 0 Å². The van der Waals surface area contributed by atoms with E-state index in [1.165, 1.54) is 9.71 Å². The van der Waals surface area contributed by atoms with Crippen LogP contribution in [0, 0.1) is 0 Å². The van der Waals surface area contributed by atoms with Gasteiger partial charge in [0, 0.05) is 17.4 Å². The Morgan fingerprint density at radius 3 is 3.07 bits per heavy atom. The standard InChI is InChI=1S/C10H11BrN2S/c1-12-6-5-9-13-10-7(11)3-2-4-8(10)14-9/h2-4,12H,5-6H2,1H3. The molecule has 2 nitrogen and oxygen atoms in total. The molecule has 74 valence electrons. The Kier molecular flexibility index (Phi) is 3.15. The molecule has 0 unspecified atom stereocenters. The number of rotatable bonds is 3. The number of halogens is 1. The zero-order valence-corrected chi connectivity index (χ0v) is 10.3. The van der Waals surface area contributed by atoms with Crippen molar-refractivity contribution in [2.75, 3.05) is 13.6 Å². The van der Waals surface area contributed by atoms with Crippen molar-refractivity contribution < 1.29 is 0 Å². The van der Waals surface area contributed by atoms with Crippen LogP contribution >= 0.6 is 27.3 Å². The SMILES string of the molecule is CNCCc1nc2c(Br)cccc2s1. The third-order valence-electron chi connectivity index (χ3n) is 2.00. The van der Waals surface area contributed by atoms with Gasteiger partial charge < -0.3 is 5.32 Å². The van der Waals surface area contributed by atoms with Gasteiger partial charge >= 0.3 is 0 Å². The first-order chi connectivity index (χ1) is 6.81. The second-order valence-electron chi connectivity index (χ2n) is 3.05. The summed E-state index contributed by atoms with van der Waals surface area (Å²) in [6.07, 6.45) is 1.00. The first-order valence-corrected chi connectivity index (χ1v) is 6.11. The van der Waals surface area contributed by atoms with E-state index in [1.54, 1.807) is 11.3 Å². The second kappa shape index (κ2) is 4.38. The van der Waals surface area contributed by atoms with Crippen LogP contribution in [0.5, 0.6) is 0 Å². The van der Waals surface area contributed by atoms with Crippen LogP contribution in [0.25, 0.3) is 10.2 Å². The fourth-order valence-electron chi connectivity index (χ4n) is 1.30. The molecule has 14 heavy (non-hydrogen) atoms. The van der Waals surface area contributed by atoms with Crippen LogP contribution in [0.4, 0.5) is 0 Å². The molecule has 0 aliphatic rings. The monoisotopic (exact) mass is 270 g/mol. The Labute approximate surface area is 95.5 Å². The number of benzene rings is 1. The molecule has 1 heterocycles. The summed E-state index contributed by atoms with van der Waals surface area (Å²) >= 11 is 5.28. The highest BCUT2D eigenvalue weighted by Gasteiger charge is 2.05. The van der Waals surface area contributed by atoms with Crippen LogP contribution in [0.3, 0.4) is 0 Å². The minimum Gasteiger partial charge on any atom is -0.319 e. The van der Waals surface area contributed by atoms with E-state index < -0.39 is 0 Å². The number of likely N-dealkylation sites (N-methyl/N-ethyl adjacent to an activating group) is 1. The van der Waals surface area contributed by atoms with Crippen LogP contribution < -0.4 is 5.32 Å². The smallest absolute Gasteiger partial charge is 0.0957 e. The Bertz CT molecular complexity index is 439. The van der Waals surface area contributed by atoms with E-state index in [-0.39, 0.29) is 0 Å². The number of nitrogens with one attached hydrogen (secondary N) is 1. The summed E-state index contributed by atoms with van der Waals surface area (Å²) in [5.74, 6) is 0. The van der Waals surface area contributed by atoms with Crippen molar-refractivity contribution in [1.29, 1.82) is 0 Å². The van der Waals surface area contributed by atoms with Gasteiger partial charge in [-0.25, -0.2) is 4.98 Å². The molecule has 2 aromatic rings. The third-order valence-corrected chi connectivity index (χ3v) is 3.72. The first kappa shape index (κ1) is 10.1. The van der Waals surface area contributed by atoms with Gasteiger partial charge in [0.05, 0.1) is 15.2 Å². The van der Waals surface area contributed by atoms with Gasteiger partial charge in [0.15, 0.2) is 0 Å². The molecule has 1 aromatic heterocycles. The summed E-state index contributed by atoms with van der Waals surface area (Å²) in [6, 6.07) is 6.19. The summed E-state index contributed by atoms with van der Waals surface area (Å²) in [6.45, 7) is 0.984. The Morgan fingerprint density at radius 2 is 2.36 bits per heavy atom. The summed E-state index contributed by atoms with van der Waals surface area (Å²) < 4.78 is 2.34. The number of hydrogen-bond donors (Lipinski definition) is 1. The average molecular weight is 271 g/mol. The quantitative estimate of drug-likeness (QED) is 0.928. The van der Waals surface area contributed by atoms with E-state index in [1.807, 2.05) is 19.2 Å². The number of nitrogens with zero attached hydrogens (tertiary/aromatic N) is 1. The van der Waals surface area contributed by atoms with Gasteiger partial charge in [-0.05, 0) is 35.1 Å². The average Bonchev–Trinajstić information content (AvgIpc) is 2.59. The fourth-order valence-corrected chi connectivity index (χ4v) is 2.88. The predicted molar refractivity (Wildman–Crippen MR) is 65.0 cm³/mol. The molecule has 1 N–H and O–H groups in total. The Balaban J connectivity index is 2.36. The highest BCUT2D eigenvalue weighted by atomic mass is 79.9. The number of fused-ring (bicyclic) bond motifs is 1. The molecular weight excluding hydrogens is 260 g/mol. The summed E-state index contributed by atoms with van der Waals surface area (Å²) in [4.78, 5) is 4.58. The van der Waals surface area contributed by atoms with Crippen LogP contribution in [-0.4, -0.2) is 18.6 Å². The highest BCUT2D eigenvalue weighted by molar-refractivity contribution is 9.10. The molecule has 0 saturated heterocycles. The van der Waals surface area contributed by atoms with Gasteiger partial charge in [0.1, 0.15) is 0 Å². The third kappa shape index (κ3) is 1.97. The lowest BCUT2D eigenvalue weighted by atomic mass is 10.3. The van der Waals surface area contributed by atoms with E-state index in [2.05, 4.69) is 32.3 Å². The van der Waals surface area contributed by atoms with Crippen molar-refractivity contribution in [1.82, 2.24) is 10.3 Å². The van der Waals surface area contributed by atoms with Crippen LogP contribution in [0.15, 0.2) is 22.7 Å². The van der Waals surface area contributed by atoms with Gasteiger partial charge in [-0.15, -0.1) is 11.3 Å². The molecule has 0 radical (unpaired) electrons. The summed E-state index contributed by atoms with van der Waals surface area (Å²) in [7, 11) is 1.96. The molecule has 0 aliphatic carbocycles. The van der Waals surface area contributed by atoms with Crippen LogP contribution in [0.2, 0.25) is 0 Å². The molecule has 0 atom stereocenters. The van der Waals surface area contributed by atoms with Crippen LogP contribution in [0.1, 0.15) is 5.01 Å². The second-order valence-corrected chi connectivity index (χ2v) is 5.02. The number of aromatic nitrogens is 1. The lowest BCUT2D eigenvalue weighted by molar-refractivity contribution is 0.789. The molecule has 0 bridgehead atoms. The molecule has 1 aromatic carbocycles. The van der Waals surface area contributed by atoms with Crippen molar-refractivity contribution in [3.63, 3.8) is 0 Å². The number of hydrogen-bond acceptors (Lipinski definition) is 3. The van der Waals surface area contributed by atoms with Gasteiger partial charge in [0.2, 0.25) is 0 Å². The van der Waals surface area contributed by atoms with Crippen molar-refractivity contribution in [2.45, 2.75) is 6.42 Å². The van der Waals surface area contributed by atoms with E-state index in [4.69, 9.17) is 0 Å². The maximum absolute atomic E-state index is 4.58. The largest absolute Gasteiger partial charge is 0.319 e. The minimum absolute atomic E-state index is 0.984. The molecular formula is C10H11BrN2S. The van der Waals surface area contributed by atoms with Crippen molar-refractivity contribution in [2.24, 2.45) is 0 Å². The van der Waals surface area contributed by atoms with Crippen molar-refractivity contribution >= 4 is 37.5 Å². The zero-order valence-electron chi connectivity index (χ0n) is 7.88.